The summed E-state index contributed by atoms with van der Waals surface area (Å²) >= 11 is 0. The first-order valence-electron chi connectivity index (χ1n) is 6.43. The van der Waals surface area contributed by atoms with Gasteiger partial charge in [-0.1, -0.05) is 30.3 Å². The molecule has 2 aliphatic heterocycles. The van der Waals surface area contributed by atoms with E-state index in [4.69, 9.17) is 14.2 Å². The highest BCUT2D eigenvalue weighted by Gasteiger charge is 2.49. The predicted molar refractivity (Wildman–Crippen MR) is 67.4 cm³/mol. The van der Waals surface area contributed by atoms with Crippen LogP contribution in [-0.2, 0) is 20.8 Å². The first kappa shape index (κ1) is 12.4. The zero-order chi connectivity index (χ0) is 13.2. The van der Waals surface area contributed by atoms with Gasteiger partial charge < -0.3 is 14.2 Å². The number of amides is 1. The summed E-state index contributed by atoms with van der Waals surface area (Å²) in [5.41, 5.74) is 0.986. The third-order valence-electron chi connectivity index (χ3n) is 3.62. The van der Waals surface area contributed by atoms with E-state index >= 15 is 0 Å². The van der Waals surface area contributed by atoms with Crippen LogP contribution < -0.4 is 0 Å². The van der Waals surface area contributed by atoms with E-state index in [9.17, 15) is 4.79 Å². The molecule has 0 spiro atoms. The van der Waals surface area contributed by atoms with E-state index in [0.29, 0.717) is 13.2 Å². The Morgan fingerprint density at radius 1 is 1.42 bits per heavy atom. The van der Waals surface area contributed by atoms with Crippen LogP contribution in [0.2, 0.25) is 0 Å². The van der Waals surface area contributed by atoms with E-state index in [1.165, 1.54) is 0 Å². The first-order valence-corrected chi connectivity index (χ1v) is 6.43. The molecule has 1 aromatic rings. The molecule has 2 bridgehead atoms. The van der Waals surface area contributed by atoms with Crippen molar-refractivity contribution in [2.24, 2.45) is 0 Å². The van der Waals surface area contributed by atoms with Crippen molar-refractivity contribution >= 4 is 6.09 Å². The van der Waals surface area contributed by atoms with E-state index in [2.05, 4.69) is 0 Å². The number of fused-ring (bicyclic) bond motifs is 2. The van der Waals surface area contributed by atoms with Gasteiger partial charge in [0.25, 0.3) is 0 Å². The Balaban J connectivity index is 1.57. The van der Waals surface area contributed by atoms with Gasteiger partial charge in [-0.25, -0.2) is 4.79 Å². The fraction of sp³-hybridized carbons (Fsp3) is 0.500. The van der Waals surface area contributed by atoms with Crippen molar-refractivity contribution in [3.63, 3.8) is 0 Å². The molecule has 102 valence electrons. The van der Waals surface area contributed by atoms with Crippen molar-refractivity contribution in [3.05, 3.63) is 35.9 Å². The van der Waals surface area contributed by atoms with Crippen LogP contribution in [-0.4, -0.2) is 43.1 Å². The third kappa shape index (κ3) is 2.43. The SMILES string of the molecule is COC1O[C@H]2C[C@@H]1N(C(=O)OCc1ccccc1)C2. The summed E-state index contributed by atoms with van der Waals surface area (Å²) in [7, 11) is 1.60. The Bertz CT molecular complexity index is 450. The van der Waals surface area contributed by atoms with Crippen LogP contribution in [0.1, 0.15) is 12.0 Å². The standard InChI is InChI=1S/C14H17NO4/c1-17-13-12-7-11(19-13)8-15(12)14(16)18-9-10-5-3-2-4-6-10/h2-6,11-13H,7-9H2,1H3/t11-,12-,13?/m0/s1. The zero-order valence-electron chi connectivity index (χ0n) is 10.8. The highest BCUT2D eigenvalue weighted by Crippen LogP contribution is 2.33. The molecule has 2 aliphatic rings. The Hall–Kier alpha value is -1.59. The number of hydrogen-bond donors (Lipinski definition) is 0. The largest absolute Gasteiger partial charge is 0.445 e. The summed E-state index contributed by atoms with van der Waals surface area (Å²) in [6.07, 6.45) is 0.308. The molecule has 2 fully saturated rings. The molecular formula is C14H17NO4. The van der Waals surface area contributed by atoms with E-state index < -0.39 is 0 Å². The molecule has 0 aliphatic carbocycles. The number of carbonyl (C=O) groups is 1. The van der Waals surface area contributed by atoms with Crippen LogP contribution in [0, 0.1) is 0 Å². The zero-order valence-corrected chi connectivity index (χ0v) is 10.8. The number of morpholine rings is 1. The number of benzene rings is 1. The Labute approximate surface area is 112 Å². The molecule has 0 aromatic heterocycles. The minimum absolute atomic E-state index is 0.0155. The van der Waals surface area contributed by atoms with E-state index in [-0.39, 0.29) is 24.5 Å². The van der Waals surface area contributed by atoms with Crippen molar-refractivity contribution in [1.82, 2.24) is 4.90 Å². The van der Waals surface area contributed by atoms with Crippen LogP contribution in [0.25, 0.3) is 0 Å². The molecule has 5 nitrogen and oxygen atoms in total. The van der Waals surface area contributed by atoms with Gasteiger partial charge >= 0.3 is 6.09 Å². The molecule has 3 atom stereocenters. The molecule has 0 radical (unpaired) electrons. The number of nitrogens with zero attached hydrogens (tertiary/aromatic N) is 1. The predicted octanol–water partition coefficient (Wildman–Crippen LogP) is 1.77. The summed E-state index contributed by atoms with van der Waals surface area (Å²) in [4.78, 5) is 13.8. The molecular weight excluding hydrogens is 246 g/mol. The lowest BCUT2D eigenvalue weighted by Gasteiger charge is -2.31. The number of likely N-dealkylation sites (tertiary alicyclic amines) is 1. The van der Waals surface area contributed by atoms with Gasteiger partial charge in [0.2, 0.25) is 0 Å². The lowest BCUT2D eigenvalue weighted by Crippen LogP contribution is -2.47. The lowest BCUT2D eigenvalue weighted by molar-refractivity contribution is -0.162. The summed E-state index contributed by atoms with van der Waals surface area (Å²) < 4.78 is 16.1. The minimum Gasteiger partial charge on any atom is -0.445 e. The maximum absolute atomic E-state index is 12.1. The molecule has 1 aromatic carbocycles. The topological polar surface area (TPSA) is 48.0 Å². The van der Waals surface area contributed by atoms with Crippen molar-refractivity contribution in [3.8, 4) is 0 Å². The number of hydrogen-bond acceptors (Lipinski definition) is 4. The Morgan fingerprint density at radius 3 is 2.89 bits per heavy atom. The van der Waals surface area contributed by atoms with Crippen LogP contribution in [0.5, 0.6) is 0 Å². The van der Waals surface area contributed by atoms with Crippen LogP contribution in [0.4, 0.5) is 4.79 Å². The summed E-state index contributed by atoms with van der Waals surface area (Å²) in [6, 6.07) is 9.64. The Morgan fingerprint density at radius 2 is 2.21 bits per heavy atom. The van der Waals surface area contributed by atoms with Gasteiger partial charge in [-0.2, -0.15) is 0 Å². The van der Waals surface area contributed by atoms with E-state index in [0.717, 1.165) is 12.0 Å². The molecule has 2 heterocycles. The minimum atomic E-state index is -0.317. The van der Waals surface area contributed by atoms with Gasteiger partial charge in [0, 0.05) is 13.5 Å². The third-order valence-corrected chi connectivity index (χ3v) is 3.62. The highest BCUT2D eigenvalue weighted by atomic mass is 16.7. The van der Waals surface area contributed by atoms with Crippen molar-refractivity contribution in [2.45, 2.75) is 31.5 Å². The summed E-state index contributed by atoms with van der Waals surface area (Å²) in [5, 5.41) is 0. The van der Waals surface area contributed by atoms with Crippen LogP contribution in [0.3, 0.4) is 0 Å². The quantitative estimate of drug-likeness (QED) is 0.834. The highest BCUT2D eigenvalue weighted by molar-refractivity contribution is 5.69. The normalized spacial score (nSPS) is 28.7. The summed E-state index contributed by atoms with van der Waals surface area (Å²) in [6.45, 7) is 0.893. The second-order valence-electron chi connectivity index (χ2n) is 4.86. The lowest BCUT2D eigenvalue weighted by atomic mass is 10.2. The molecule has 0 saturated carbocycles. The number of carbonyl (C=O) groups excluding carboxylic acids is 1. The molecule has 5 heteroatoms. The van der Waals surface area contributed by atoms with Crippen molar-refractivity contribution in [1.29, 1.82) is 0 Å². The fourth-order valence-electron chi connectivity index (χ4n) is 2.69. The van der Waals surface area contributed by atoms with Gasteiger partial charge in [0.15, 0.2) is 6.29 Å². The monoisotopic (exact) mass is 263 g/mol. The van der Waals surface area contributed by atoms with Gasteiger partial charge in [-0.3, -0.25) is 4.90 Å². The average molecular weight is 263 g/mol. The number of methoxy groups -OCH3 is 1. The van der Waals surface area contributed by atoms with Crippen LogP contribution in [0.15, 0.2) is 30.3 Å². The maximum Gasteiger partial charge on any atom is 0.410 e. The summed E-state index contributed by atoms with van der Waals surface area (Å²) in [5.74, 6) is 0. The molecule has 1 unspecified atom stereocenters. The molecule has 19 heavy (non-hydrogen) atoms. The van der Waals surface area contributed by atoms with Crippen LogP contribution >= 0.6 is 0 Å². The Kier molecular flexibility index (Phi) is 3.40. The van der Waals surface area contributed by atoms with E-state index in [1.807, 2.05) is 30.3 Å². The average Bonchev–Trinajstić information content (AvgIpc) is 3.05. The van der Waals surface area contributed by atoms with Crippen molar-refractivity contribution in [2.75, 3.05) is 13.7 Å². The first-order chi connectivity index (χ1) is 9.28. The van der Waals surface area contributed by atoms with Gasteiger partial charge in [0.1, 0.15) is 6.61 Å². The molecule has 1 amide bonds. The second kappa shape index (κ2) is 5.19. The molecule has 3 rings (SSSR count). The van der Waals surface area contributed by atoms with Gasteiger partial charge in [-0.05, 0) is 5.56 Å². The number of rotatable bonds is 3. The second-order valence-corrected chi connectivity index (χ2v) is 4.86. The van der Waals surface area contributed by atoms with Gasteiger partial charge in [-0.15, -0.1) is 0 Å². The smallest absolute Gasteiger partial charge is 0.410 e. The fourth-order valence-corrected chi connectivity index (χ4v) is 2.69. The molecule has 0 N–H and O–H groups in total. The number of ether oxygens (including phenoxy) is 3. The molecule has 2 saturated heterocycles. The maximum atomic E-state index is 12.1. The van der Waals surface area contributed by atoms with Crippen molar-refractivity contribution < 1.29 is 19.0 Å². The van der Waals surface area contributed by atoms with Gasteiger partial charge in [0.05, 0.1) is 18.7 Å². The van der Waals surface area contributed by atoms with E-state index in [1.54, 1.807) is 12.0 Å².